The number of aromatic amines is 1. The lowest BCUT2D eigenvalue weighted by molar-refractivity contribution is 0.0519. The molecule has 0 fully saturated rings. The predicted octanol–water partition coefficient (Wildman–Crippen LogP) is 8.72. The number of unbranched alkanes of at least 4 members (excludes halogenated alkanes) is 3. The van der Waals surface area contributed by atoms with Crippen molar-refractivity contribution in [3.8, 4) is 16.9 Å². The molecule has 5 aromatic rings. The maximum atomic E-state index is 13.1. The molecule has 5 rings (SSSR count). The van der Waals surface area contributed by atoms with Gasteiger partial charge in [-0.15, -0.1) is 0 Å². The van der Waals surface area contributed by atoms with Crippen molar-refractivity contribution in [2.24, 2.45) is 7.05 Å². The van der Waals surface area contributed by atoms with E-state index < -0.39 is 0 Å². The zero-order valence-electron chi connectivity index (χ0n) is 24.8. The number of hydrogen-bond donors (Lipinski definition) is 1. The average molecular weight is 631 g/mol. The molecule has 0 aliphatic carbocycles. The number of aromatic nitrogens is 3. The van der Waals surface area contributed by atoms with E-state index in [2.05, 4.69) is 64.2 Å². The number of carbonyl (C=O) groups excluding carboxylic acids is 1. The number of ether oxygens (including phenoxy) is 2. The highest BCUT2D eigenvalue weighted by Crippen LogP contribution is 2.36. The van der Waals surface area contributed by atoms with Gasteiger partial charge >= 0.3 is 5.97 Å². The molecule has 7 heteroatoms. The number of rotatable bonds is 14. The minimum Gasteiger partial charge on any atom is -0.493 e. The molecule has 0 bridgehead atoms. The normalized spacial score (nSPS) is 11.4. The van der Waals surface area contributed by atoms with E-state index in [1.165, 1.54) is 19.3 Å². The Morgan fingerprint density at radius 3 is 2.52 bits per heavy atom. The van der Waals surface area contributed by atoms with Crippen LogP contribution in [-0.2, 0) is 24.6 Å². The fourth-order valence-corrected chi connectivity index (χ4v) is 6.21. The summed E-state index contributed by atoms with van der Waals surface area (Å²) in [5.41, 5.74) is 6.94. The van der Waals surface area contributed by atoms with Crippen LogP contribution < -0.4 is 4.74 Å². The third-order valence-electron chi connectivity index (χ3n) is 7.97. The van der Waals surface area contributed by atoms with Gasteiger partial charge in [-0.2, -0.15) is 5.10 Å². The number of esters is 1. The number of alkyl halides is 1. The molecule has 0 amide bonds. The lowest BCUT2D eigenvalue weighted by Crippen LogP contribution is -2.09. The quantitative estimate of drug-likeness (QED) is 0.0757. The lowest BCUT2D eigenvalue weighted by atomic mass is 9.96. The Morgan fingerprint density at radius 2 is 1.69 bits per heavy atom. The van der Waals surface area contributed by atoms with Crippen LogP contribution in [0.2, 0.25) is 0 Å². The Balaban J connectivity index is 1.43. The number of benzene rings is 3. The van der Waals surface area contributed by atoms with E-state index in [-0.39, 0.29) is 5.97 Å². The minimum atomic E-state index is -0.320. The lowest BCUT2D eigenvalue weighted by Gasteiger charge is -2.10. The second kappa shape index (κ2) is 14.1. The second-order valence-corrected chi connectivity index (χ2v) is 11.5. The fourth-order valence-electron chi connectivity index (χ4n) is 5.81. The Hall–Kier alpha value is -3.58. The van der Waals surface area contributed by atoms with E-state index >= 15 is 0 Å². The molecule has 2 aromatic heterocycles. The number of aryl methyl sites for hydroxylation is 3. The molecule has 0 unspecified atom stereocenters. The van der Waals surface area contributed by atoms with Crippen LogP contribution in [0.1, 0.15) is 66.5 Å². The predicted molar refractivity (Wildman–Crippen MR) is 175 cm³/mol. The minimum absolute atomic E-state index is 0.320. The van der Waals surface area contributed by atoms with Gasteiger partial charge in [0.25, 0.3) is 0 Å². The van der Waals surface area contributed by atoms with Crippen molar-refractivity contribution in [3.05, 3.63) is 83.3 Å². The number of nitrogens with zero attached hydrogens (tertiary/aromatic N) is 2. The fraction of sp³-hybridized carbons (Fsp3) is 0.371. The van der Waals surface area contributed by atoms with Crippen LogP contribution in [0, 0.1) is 6.92 Å². The van der Waals surface area contributed by atoms with Gasteiger partial charge in [-0.3, -0.25) is 4.68 Å². The van der Waals surface area contributed by atoms with Gasteiger partial charge in [0, 0.05) is 40.0 Å². The number of carbonyl (C=O) groups is 1. The van der Waals surface area contributed by atoms with Crippen LogP contribution in [0.15, 0.2) is 60.7 Å². The van der Waals surface area contributed by atoms with Crippen molar-refractivity contribution in [1.82, 2.24) is 14.8 Å². The second-order valence-electron chi connectivity index (χ2n) is 10.7. The Bertz CT molecular complexity index is 1660. The summed E-state index contributed by atoms with van der Waals surface area (Å²) in [6, 6.07) is 20.7. The highest BCUT2D eigenvalue weighted by molar-refractivity contribution is 9.09. The monoisotopic (exact) mass is 629 g/mol. The van der Waals surface area contributed by atoms with Crippen molar-refractivity contribution in [2.45, 2.75) is 58.8 Å². The number of nitrogens with one attached hydrogen (secondary N) is 1. The van der Waals surface area contributed by atoms with Gasteiger partial charge in [-0.1, -0.05) is 83.4 Å². The molecule has 0 radical (unpaired) electrons. The van der Waals surface area contributed by atoms with Crippen molar-refractivity contribution < 1.29 is 14.3 Å². The van der Waals surface area contributed by atoms with Gasteiger partial charge in [0.1, 0.15) is 11.4 Å². The number of halogens is 1. The van der Waals surface area contributed by atoms with E-state index in [9.17, 15) is 4.79 Å². The molecule has 2 heterocycles. The maximum absolute atomic E-state index is 13.1. The molecule has 3 aromatic carbocycles. The SMILES string of the molecule is CCOC(=O)c1[nH]c2c(-c3c(CCCCCCBr)nn(C)c3C)cccc2c1CCCOc1cccc2ccccc12. The summed E-state index contributed by atoms with van der Waals surface area (Å²) in [6.45, 7) is 4.83. The van der Waals surface area contributed by atoms with Gasteiger partial charge < -0.3 is 14.5 Å². The molecule has 1 N–H and O–H groups in total. The molecule has 42 heavy (non-hydrogen) atoms. The molecule has 220 valence electrons. The van der Waals surface area contributed by atoms with Gasteiger partial charge in [0.2, 0.25) is 0 Å². The first-order valence-electron chi connectivity index (χ1n) is 15.0. The van der Waals surface area contributed by atoms with Gasteiger partial charge in [0.05, 0.1) is 24.4 Å². The smallest absolute Gasteiger partial charge is 0.355 e. The molecule has 0 saturated carbocycles. The molecular formula is C35H40BrN3O3. The Morgan fingerprint density at radius 1 is 0.929 bits per heavy atom. The van der Waals surface area contributed by atoms with Crippen LogP contribution in [0.3, 0.4) is 0 Å². The highest BCUT2D eigenvalue weighted by Gasteiger charge is 2.23. The molecule has 0 saturated heterocycles. The Labute approximate surface area is 256 Å². The van der Waals surface area contributed by atoms with E-state index in [0.717, 1.165) is 80.1 Å². The first-order chi connectivity index (χ1) is 20.5. The highest BCUT2D eigenvalue weighted by atomic mass is 79.9. The topological polar surface area (TPSA) is 69.1 Å². The first kappa shape index (κ1) is 29.9. The van der Waals surface area contributed by atoms with Crippen molar-refractivity contribution in [1.29, 1.82) is 0 Å². The summed E-state index contributed by atoms with van der Waals surface area (Å²) in [5, 5.41) is 9.27. The number of para-hydroxylation sites is 1. The van der Waals surface area contributed by atoms with Crippen LogP contribution in [0.4, 0.5) is 0 Å². The van der Waals surface area contributed by atoms with Gasteiger partial charge in [-0.25, -0.2) is 4.79 Å². The first-order valence-corrected chi connectivity index (χ1v) is 16.2. The van der Waals surface area contributed by atoms with Crippen LogP contribution >= 0.6 is 15.9 Å². The maximum Gasteiger partial charge on any atom is 0.355 e. The van der Waals surface area contributed by atoms with Crippen LogP contribution in [-0.4, -0.2) is 39.3 Å². The number of H-pyrrole nitrogens is 1. The zero-order valence-corrected chi connectivity index (χ0v) is 26.4. The standard InChI is InChI=1S/C35H40BrN3O3/c1-4-41-35(40)34-28(19-13-23-42-31-21-11-15-25-14-8-9-16-26(25)31)27-17-12-18-29(33(27)37-34)32-24(2)39(3)38-30(32)20-7-5-6-10-22-36/h8-9,11-12,14-18,21,37H,4-7,10,13,19-20,22-23H2,1-3H3. The van der Waals surface area contributed by atoms with Crippen molar-refractivity contribution in [3.63, 3.8) is 0 Å². The van der Waals surface area contributed by atoms with Gasteiger partial charge in [0.15, 0.2) is 0 Å². The molecule has 0 aliphatic heterocycles. The molecule has 6 nitrogen and oxygen atoms in total. The Kier molecular flexibility index (Phi) is 10.0. The summed E-state index contributed by atoms with van der Waals surface area (Å²) in [6.07, 6.45) is 7.09. The summed E-state index contributed by atoms with van der Waals surface area (Å²) in [4.78, 5) is 16.6. The van der Waals surface area contributed by atoms with E-state index in [0.29, 0.717) is 25.3 Å². The van der Waals surface area contributed by atoms with E-state index in [1.54, 1.807) is 0 Å². The largest absolute Gasteiger partial charge is 0.493 e. The number of hydrogen-bond acceptors (Lipinski definition) is 4. The molecule has 0 atom stereocenters. The third kappa shape index (κ3) is 6.41. The molecular weight excluding hydrogens is 590 g/mol. The van der Waals surface area contributed by atoms with Crippen molar-refractivity contribution in [2.75, 3.05) is 18.5 Å². The van der Waals surface area contributed by atoms with Crippen LogP contribution in [0.25, 0.3) is 32.8 Å². The van der Waals surface area contributed by atoms with Crippen molar-refractivity contribution >= 4 is 43.6 Å². The number of fused-ring (bicyclic) bond motifs is 2. The zero-order chi connectivity index (χ0) is 29.5. The summed E-state index contributed by atoms with van der Waals surface area (Å²) in [7, 11) is 2.01. The molecule has 0 aliphatic rings. The average Bonchev–Trinajstić information content (AvgIpc) is 3.51. The summed E-state index contributed by atoms with van der Waals surface area (Å²) < 4.78 is 13.7. The summed E-state index contributed by atoms with van der Waals surface area (Å²) in [5.74, 6) is 0.561. The van der Waals surface area contributed by atoms with Crippen LogP contribution in [0.5, 0.6) is 5.75 Å². The third-order valence-corrected chi connectivity index (χ3v) is 8.53. The van der Waals surface area contributed by atoms with Gasteiger partial charge in [-0.05, 0) is 63.0 Å². The van der Waals surface area contributed by atoms with E-state index in [1.807, 2.05) is 42.9 Å². The summed E-state index contributed by atoms with van der Waals surface area (Å²) >= 11 is 3.53. The molecule has 0 spiro atoms. The van der Waals surface area contributed by atoms with E-state index in [4.69, 9.17) is 14.6 Å².